The molecule has 0 fully saturated rings. The van der Waals surface area contributed by atoms with Gasteiger partial charge in [0.1, 0.15) is 5.75 Å². The van der Waals surface area contributed by atoms with Crippen molar-refractivity contribution in [2.24, 2.45) is 0 Å². The van der Waals surface area contributed by atoms with Crippen molar-refractivity contribution in [3.05, 3.63) is 24.3 Å². The largest absolute Gasteiger partial charge is 0.508 e. The molecule has 4 N–H and O–H groups in total. The number of phenolic OH excluding ortho intramolecular Hbond substituents is 1. The van der Waals surface area contributed by atoms with E-state index in [1.165, 1.54) is 13.1 Å². The molecule has 0 aliphatic rings. The van der Waals surface area contributed by atoms with E-state index in [1.807, 2.05) is 19.2 Å². The van der Waals surface area contributed by atoms with Crippen LogP contribution in [-0.2, 0) is 0 Å². The number of carboxylic acid groups (broad SMARTS) is 1. The number of hydrogen-bond donors (Lipinski definition) is 4. The maximum absolute atomic E-state index is 11.6. The number of aromatic hydroxyl groups is 1. The molecule has 1 aromatic carbocycles. The van der Waals surface area contributed by atoms with Crippen molar-refractivity contribution in [1.82, 2.24) is 10.2 Å². The number of rotatable bonds is 3. The Balaban J connectivity index is 0.000000621. The van der Waals surface area contributed by atoms with Crippen LogP contribution in [0.25, 0.3) is 0 Å². The van der Waals surface area contributed by atoms with E-state index >= 15 is 0 Å². The number of amides is 3. The number of anilines is 1. The van der Waals surface area contributed by atoms with Crippen molar-refractivity contribution >= 4 is 17.8 Å². The number of hydrogen-bond acceptors (Lipinski definition) is 3. The molecule has 112 valence electrons. The van der Waals surface area contributed by atoms with Gasteiger partial charge in [-0.15, -0.1) is 0 Å². The van der Waals surface area contributed by atoms with Crippen LogP contribution in [0.3, 0.4) is 0 Å². The van der Waals surface area contributed by atoms with Gasteiger partial charge in [-0.05, 0) is 26.0 Å². The lowest BCUT2D eigenvalue weighted by Gasteiger charge is -2.19. The summed E-state index contributed by atoms with van der Waals surface area (Å²) in [5, 5.41) is 21.5. The lowest BCUT2D eigenvalue weighted by atomic mass is 10.3. The minimum atomic E-state index is -0.995. The van der Waals surface area contributed by atoms with E-state index < -0.39 is 6.09 Å². The Labute approximate surface area is 118 Å². The first kappa shape index (κ1) is 17.6. The van der Waals surface area contributed by atoms with E-state index in [2.05, 4.69) is 5.32 Å². The van der Waals surface area contributed by atoms with E-state index in [0.29, 0.717) is 18.8 Å². The third-order valence-corrected chi connectivity index (χ3v) is 2.36. The van der Waals surface area contributed by atoms with Gasteiger partial charge >= 0.3 is 12.1 Å². The lowest BCUT2D eigenvalue weighted by Crippen LogP contribution is -2.34. The highest BCUT2D eigenvalue weighted by Crippen LogP contribution is 2.15. The van der Waals surface area contributed by atoms with Crippen LogP contribution in [0.15, 0.2) is 24.3 Å². The van der Waals surface area contributed by atoms with Gasteiger partial charge in [-0.3, -0.25) is 0 Å². The summed E-state index contributed by atoms with van der Waals surface area (Å²) in [7, 11) is 1.35. The molecule has 0 saturated heterocycles. The fourth-order valence-electron chi connectivity index (χ4n) is 1.30. The summed E-state index contributed by atoms with van der Waals surface area (Å²) >= 11 is 0. The monoisotopic (exact) mass is 283 g/mol. The Kier molecular flexibility index (Phi) is 8.33. The molecule has 0 atom stereocenters. The van der Waals surface area contributed by atoms with Crippen molar-refractivity contribution in [3.8, 4) is 5.75 Å². The summed E-state index contributed by atoms with van der Waals surface area (Å²) < 4.78 is 0. The van der Waals surface area contributed by atoms with E-state index in [4.69, 9.17) is 5.11 Å². The van der Waals surface area contributed by atoms with Gasteiger partial charge in [0.25, 0.3) is 0 Å². The van der Waals surface area contributed by atoms with Crippen LogP contribution in [0.1, 0.15) is 13.8 Å². The number of carbonyl (C=O) groups excluding carboxylic acids is 1. The number of carbonyl (C=O) groups is 2. The standard InChI is InChI=1S/C11H16N2O2.C2H5NO2/c1-3-13(4-2)11(15)12-9-6-5-7-10(14)8-9;1-3-2(4)5/h5-8,14H,3-4H2,1-2H3,(H,12,15);3H,1H3,(H,4,5). The highest BCUT2D eigenvalue weighted by atomic mass is 16.4. The average Bonchev–Trinajstić information content (AvgIpc) is 2.40. The number of benzene rings is 1. The van der Waals surface area contributed by atoms with E-state index in [-0.39, 0.29) is 11.8 Å². The minimum Gasteiger partial charge on any atom is -0.508 e. The molecule has 0 radical (unpaired) electrons. The number of nitrogens with zero attached hydrogens (tertiary/aromatic N) is 1. The topological polar surface area (TPSA) is 102 Å². The summed E-state index contributed by atoms with van der Waals surface area (Å²) in [4.78, 5) is 22.5. The van der Waals surface area contributed by atoms with Crippen molar-refractivity contribution in [3.63, 3.8) is 0 Å². The van der Waals surface area contributed by atoms with Gasteiger partial charge in [-0.25, -0.2) is 9.59 Å². The van der Waals surface area contributed by atoms with Gasteiger partial charge in [0.05, 0.1) is 0 Å². The van der Waals surface area contributed by atoms with Crippen LogP contribution in [0.4, 0.5) is 15.3 Å². The summed E-state index contributed by atoms with van der Waals surface area (Å²) in [5.74, 6) is 0.146. The molecular weight excluding hydrogens is 262 g/mol. The van der Waals surface area contributed by atoms with E-state index in [0.717, 1.165) is 0 Å². The second-order valence-corrected chi connectivity index (χ2v) is 3.71. The first-order valence-electron chi connectivity index (χ1n) is 6.20. The third kappa shape index (κ3) is 7.10. The Morgan fingerprint density at radius 3 is 2.20 bits per heavy atom. The zero-order valence-electron chi connectivity index (χ0n) is 11.9. The van der Waals surface area contributed by atoms with Gasteiger partial charge in [0, 0.05) is 31.9 Å². The van der Waals surface area contributed by atoms with E-state index in [1.54, 1.807) is 23.1 Å². The molecule has 20 heavy (non-hydrogen) atoms. The smallest absolute Gasteiger partial charge is 0.404 e. The van der Waals surface area contributed by atoms with Crippen LogP contribution < -0.4 is 10.6 Å². The summed E-state index contributed by atoms with van der Waals surface area (Å²) in [5.41, 5.74) is 0.604. The first-order chi connectivity index (χ1) is 9.44. The molecule has 0 unspecified atom stereocenters. The van der Waals surface area contributed by atoms with Crippen LogP contribution in [0.5, 0.6) is 5.75 Å². The second-order valence-electron chi connectivity index (χ2n) is 3.71. The highest BCUT2D eigenvalue weighted by molar-refractivity contribution is 5.89. The van der Waals surface area contributed by atoms with Crippen LogP contribution >= 0.6 is 0 Å². The molecule has 7 heteroatoms. The summed E-state index contributed by atoms with van der Waals surface area (Å²) in [6, 6.07) is 6.36. The average molecular weight is 283 g/mol. The molecule has 0 aliphatic carbocycles. The molecule has 0 aromatic heterocycles. The quantitative estimate of drug-likeness (QED) is 0.682. The van der Waals surface area contributed by atoms with E-state index in [9.17, 15) is 14.7 Å². The second kappa shape index (κ2) is 9.48. The number of nitrogens with one attached hydrogen (secondary N) is 2. The first-order valence-corrected chi connectivity index (χ1v) is 6.20. The molecule has 1 rings (SSSR count). The molecule has 0 aliphatic heterocycles. The molecule has 0 saturated carbocycles. The predicted octanol–water partition coefficient (Wildman–Crippen LogP) is 2.15. The van der Waals surface area contributed by atoms with Crippen LogP contribution in [0.2, 0.25) is 0 Å². The van der Waals surface area contributed by atoms with Gasteiger partial charge in [0.2, 0.25) is 0 Å². The SMILES string of the molecule is CCN(CC)C(=O)Nc1cccc(O)c1.CNC(=O)O. The molecule has 3 amide bonds. The van der Waals surface area contributed by atoms with Crippen molar-refractivity contribution in [1.29, 1.82) is 0 Å². The van der Waals surface area contributed by atoms with Gasteiger partial charge < -0.3 is 25.7 Å². The fourth-order valence-corrected chi connectivity index (χ4v) is 1.30. The number of urea groups is 1. The fraction of sp³-hybridized carbons (Fsp3) is 0.385. The summed E-state index contributed by atoms with van der Waals surface area (Å²) in [6.45, 7) is 5.18. The maximum atomic E-state index is 11.6. The lowest BCUT2D eigenvalue weighted by molar-refractivity contribution is 0.197. The molecule has 7 nitrogen and oxygen atoms in total. The van der Waals surface area contributed by atoms with Crippen molar-refractivity contribution in [2.45, 2.75) is 13.8 Å². The number of phenols is 1. The highest BCUT2D eigenvalue weighted by Gasteiger charge is 2.08. The Morgan fingerprint density at radius 2 is 1.80 bits per heavy atom. The van der Waals surface area contributed by atoms with Gasteiger partial charge in [0.15, 0.2) is 0 Å². The normalized spacial score (nSPS) is 8.95. The predicted molar refractivity (Wildman–Crippen MR) is 77.1 cm³/mol. The molecule has 0 bridgehead atoms. The van der Waals surface area contributed by atoms with Crippen LogP contribution in [0, 0.1) is 0 Å². The molecule has 0 spiro atoms. The maximum Gasteiger partial charge on any atom is 0.404 e. The molecule has 1 aromatic rings. The Hall–Kier alpha value is -2.44. The zero-order valence-corrected chi connectivity index (χ0v) is 11.9. The zero-order chi connectivity index (χ0) is 15.5. The van der Waals surface area contributed by atoms with Gasteiger partial charge in [-0.1, -0.05) is 6.07 Å². The Morgan fingerprint density at radius 1 is 1.25 bits per heavy atom. The summed E-state index contributed by atoms with van der Waals surface area (Å²) in [6.07, 6.45) is -0.995. The Bertz CT molecular complexity index is 433. The molecule has 0 heterocycles. The minimum absolute atomic E-state index is 0.146. The van der Waals surface area contributed by atoms with Crippen LogP contribution in [-0.4, -0.2) is 47.4 Å². The van der Waals surface area contributed by atoms with Gasteiger partial charge in [-0.2, -0.15) is 0 Å². The third-order valence-electron chi connectivity index (χ3n) is 2.36. The van der Waals surface area contributed by atoms with Crippen molar-refractivity contribution < 1.29 is 19.8 Å². The van der Waals surface area contributed by atoms with Crippen molar-refractivity contribution in [2.75, 3.05) is 25.5 Å². The molecular formula is C13H21N3O4.